The summed E-state index contributed by atoms with van der Waals surface area (Å²) in [5.74, 6) is 0. The molecule has 0 radical (unpaired) electrons. The van der Waals surface area contributed by atoms with Crippen LogP contribution < -0.4 is 12.4 Å². The van der Waals surface area contributed by atoms with E-state index >= 15 is 0 Å². The van der Waals surface area contributed by atoms with Gasteiger partial charge in [-0.15, -0.1) is 0 Å². The van der Waals surface area contributed by atoms with E-state index in [4.69, 9.17) is 5.26 Å². The van der Waals surface area contributed by atoms with Crippen molar-refractivity contribution in [2.45, 2.75) is 97.3 Å². The maximum Gasteiger partial charge on any atom is 0.0916 e. The molecule has 0 aliphatic heterocycles. The normalized spacial score (nSPS) is 11.0. The molecule has 0 saturated carbocycles. The van der Waals surface area contributed by atoms with Gasteiger partial charge in [0.1, 0.15) is 0 Å². The first kappa shape index (κ1) is 25.0. The smallest absolute Gasteiger partial charge is 0.0916 e. The Morgan fingerprint density at radius 1 is 0.652 bits per heavy atom. The molecule has 0 rings (SSSR count). The lowest BCUT2D eigenvalue weighted by atomic mass is 10.1. The second-order valence-electron chi connectivity index (χ2n) is 7.23. The Morgan fingerprint density at radius 2 is 1.04 bits per heavy atom. The summed E-state index contributed by atoms with van der Waals surface area (Å²) in [6.07, 6.45) is 17.1. The fourth-order valence-electron chi connectivity index (χ4n) is 3.20. The van der Waals surface area contributed by atoms with Crippen LogP contribution in [0.3, 0.4) is 0 Å². The van der Waals surface area contributed by atoms with Crippen molar-refractivity contribution in [3.8, 4) is 6.07 Å². The molecule has 0 spiro atoms. The minimum Gasteiger partial charge on any atom is -1.00 e. The highest BCUT2D eigenvalue weighted by Crippen LogP contribution is 2.14. The van der Waals surface area contributed by atoms with Gasteiger partial charge in [0.15, 0.2) is 0 Å². The van der Waals surface area contributed by atoms with Crippen LogP contribution in [0, 0.1) is 11.3 Å². The van der Waals surface area contributed by atoms with Crippen LogP contribution in [0.25, 0.3) is 0 Å². The fourth-order valence-corrected chi connectivity index (χ4v) is 3.20. The predicted octanol–water partition coefficient (Wildman–Crippen LogP) is 3.07. The number of unbranched alkanes of at least 4 members (excludes halogenated alkanes) is 10. The molecule has 0 N–H and O–H groups in total. The number of rotatable bonds is 16. The third-order valence-electron chi connectivity index (χ3n) is 4.87. The molecule has 0 heterocycles. The van der Waals surface area contributed by atoms with Gasteiger partial charge in [-0.25, -0.2) is 0 Å². The van der Waals surface area contributed by atoms with E-state index in [-0.39, 0.29) is 12.4 Å². The molecule has 0 atom stereocenters. The minimum atomic E-state index is 0. The zero-order valence-electron chi connectivity index (χ0n) is 16.1. The van der Waals surface area contributed by atoms with Crippen LogP contribution in [0.4, 0.5) is 0 Å². The SMILES string of the molecule is CCCCCCCC[N+](C)(CCC#N)CCCCCCCC.[Cl-]. The summed E-state index contributed by atoms with van der Waals surface area (Å²) in [5, 5.41) is 8.91. The predicted molar refractivity (Wildman–Crippen MR) is 97.8 cm³/mol. The van der Waals surface area contributed by atoms with Crippen LogP contribution in [0.1, 0.15) is 97.3 Å². The van der Waals surface area contributed by atoms with Gasteiger partial charge >= 0.3 is 0 Å². The molecule has 0 amide bonds. The van der Waals surface area contributed by atoms with E-state index in [9.17, 15) is 0 Å². The van der Waals surface area contributed by atoms with Gasteiger partial charge in [-0.05, 0) is 25.7 Å². The summed E-state index contributed by atoms with van der Waals surface area (Å²) in [5.41, 5.74) is 0. The molecule has 0 aromatic heterocycles. The second kappa shape index (κ2) is 18.1. The molecule has 0 bridgehead atoms. The van der Waals surface area contributed by atoms with Gasteiger partial charge in [-0.3, -0.25) is 0 Å². The number of nitrogens with zero attached hydrogens (tertiary/aromatic N) is 2. The monoisotopic (exact) mass is 344 g/mol. The van der Waals surface area contributed by atoms with Gasteiger partial charge in [0.2, 0.25) is 0 Å². The molecule has 23 heavy (non-hydrogen) atoms. The zero-order chi connectivity index (χ0) is 16.5. The summed E-state index contributed by atoms with van der Waals surface area (Å²) < 4.78 is 1.12. The molecule has 3 heteroatoms. The van der Waals surface area contributed by atoms with E-state index in [1.54, 1.807) is 0 Å². The van der Waals surface area contributed by atoms with Gasteiger partial charge in [0.05, 0.1) is 39.2 Å². The van der Waals surface area contributed by atoms with Gasteiger partial charge in [-0.2, -0.15) is 5.26 Å². The molecule has 0 aromatic carbocycles. The van der Waals surface area contributed by atoms with Gasteiger partial charge in [0.25, 0.3) is 0 Å². The van der Waals surface area contributed by atoms with Crippen molar-refractivity contribution in [1.82, 2.24) is 0 Å². The van der Waals surface area contributed by atoms with Crippen molar-refractivity contribution in [1.29, 1.82) is 5.26 Å². The van der Waals surface area contributed by atoms with Crippen LogP contribution in [0.15, 0.2) is 0 Å². The first-order valence-electron chi connectivity index (χ1n) is 9.89. The Hall–Kier alpha value is -0.260. The highest BCUT2D eigenvalue weighted by Gasteiger charge is 2.20. The van der Waals surface area contributed by atoms with Crippen molar-refractivity contribution >= 4 is 0 Å². The Kier molecular flexibility index (Phi) is 19.6. The van der Waals surface area contributed by atoms with E-state index < -0.39 is 0 Å². The van der Waals surface area contributed by atoms with Gasteiger partial charge < -0.3 is 16.9 Å². The number of halogens is 1. The highest BCUT2D eigenvalue weighted by molar-refractivity contribution is 4.68. The molecule has 0 aliphatic carbocycles. The molecule has 0 aromatic rings. The number of hydrogen-bond acceptors (Lipinski definition) is 1. The molecule has 138 valence electrons. The van der Waals surface area contributed by atoms with Crippen molar-refractivity contribution in [3.63, 3.8) is 0 Å². The number of quaternary nitrogens is 1. The molecular formula is C20H41ClN2. The van der Waals surface area contributed by atoms with E-state index in [0.717, 1.165) is 11.0 Å². The number of hydrogen-bond donors (Lipinski definition) is 0. The number of nitriles is 1. The molecule has 0 aliphatic rings. The molecule has 0 fully saturated rings. The maximum atomic E-state index is 8.91. The standard InChI is InChI=1S/C20H41N2.ClH/c1-4-6-8-10-12-14-18-22(3,20-16-17-21)19-15-13-11-9-7-5-2;/h4-16,18-20H2,1-3H3;1H/q+1;/p-1. The lowest BCUT2D eigenvalue weighted by Gasteiger charge is -2.34. The fraction of sp³-hybridized carbons (Fsp3) is 0.950. The summed E-state index contributed by atoms with van der Waals surface area (Å²) in [4.78, 5) is 0. The van der Waals surface area contributed by atoms with Crippen LogP contribution in [0.5, 0.6) is 0 Å². The summed E-state index contributed by atoms with van der Waals surface area (Å²) >= 11 is 0. The Balaban J connectivity index is 0. The maximum absolute atomic E-state index is 8.91. The molecule has 0 saturated heterocycles. The minimum absolute atomic E-state index is 0. The Morgan fingerprint density at radius 3 is 1.43 bits per heavy atom. The van der Waals surface area contributed by atoms with Crippen LogP contribution in [-0.2, 0) is 0 Å². The third kappa shape index (κ3) is 16.4. The Labute approximate surface area is 152 Å². The molecule has 0 unspecified atom stereocenters. The van der Waals surface area contributed by atoms with E-state index in [0.29, 0.717) is 6.42 Å². The van der Waals surface area contributed by atoms with Crippen LogP contribution in [-0.4, -0.2) is 31.2 Å². The lowest BCUT2D eigenvalue weighted by molar-refractivity contribution is -0.909. The lowest BCUT2D eigenvalue weighted by Crippen LogP contribution is -3.00. The average molecular weight is 345 g/mol. The average Bonchev–Trinajstić information content (AvgIpc) is 2.52. The summed E-state index contributed by atoms with van der Waals surface area (Å²) in [6.45, 7) is 8.12. The second-order valence-corrected chi connectivity index (χ2v) is 7.23. The van der Waals surface area contributed by atoms with E-state index in [2.05, 4.69) is 27.0 Å². The molecule has 2 nitrogen and oxygen atoms in total. The van der Waals surface area contributed by atoms with Crippen molar-refractivity contribution < 1.29 is 16.9 Å². The Bertz CT molecular complexity index is 257. The first-order chi connectivity index (χ1) is 10.7. The third-order valence-corrected chi connectivity index (χ3v) is 4.87. The van der Waals surface area contributed by atoms with Crippen molar-refractivity contribution in [2.75, 3.05) is 26.7 Å². The summed E-state index contributed by atoms with van der Waals surface area (Å²) in [6, 6.07) is 2.34. The van der Waals surface area contributed by atoms with Crippen molar-refractivity contribution in [2.24, 2.45) is 0 Å². The van der Waals surface area contributed by atoms with E-state index in [1.807, 2.05) is 0 Å². The first-order valence-corrected chi connectivity index (χ1v) is 9.89. The van der Waals surface area contributed by atoms with Crippen LogP contribution in [0.2, 0.25) is 0 Å². The van der Waals surface area contributed by atoms with Gasteiger partial charge in [0, 0.05) is 0 Å². The van der Waals surface area contributed by atoms with Gasteiger partial charge in [-0.1, -0.05) is 65.2 Å². The quantitative estimate of drug-likeness (QED) is 0.312. The zero-order valence-corrected chi connectivity index (χ0v) is 16.8. The van der Waals surface area contributed by atoms with Crippen molar-refractivity contribution in [3.05, 3.63) is 0 Å². The topological polar surface area (TPSA) is 23.8 Å². The largest absolute Gasteiger partial charge is 1.00 e. The van der Waals surface area contributed by atoms with Crippen LogP contribution >= 0.6 is 0 Å². The molecular weight excluding hydrogens is 304 g/mol. The highest BCUT2D eigenvalue weighted by atomic mass is 35.5. The van der Waals surface area contributed by atoms with E-state index in [1.165, 1.54) is 90.1 Å². The summed E-state index contributed by atoms with van der Waals surface area (Å²) in [7, 11) is 2.37.